The average Bonchev–Trinajstić information content (AvgIpc) is 2.34. The second kappa shape index (κ2) is 3.77. The zero-order valence-corrected chi connectivity index (χ0v) is 6.50. The lowest BCUT2D eigenvalue weighted by atomic mass is 10.7. The molecule has 1 N–H and O–H groups in total. The normalized spacial score (nSPS) is 17.2. The zero-order valence-electron chi connectivity index (χ0n) is 5.68. The molecule has 0 unspecified atom stereocenters. The van der Waals surface area contributed by atoms with Gasteiger partial charge in [-0.15, -0.1) is 0 Å². The molecule has 1 heterocycles. The summed E-state index contributed by atoms with van der Waals surface area (Å²) in [4.78, 5) is 4.26. The molecule has 52 valence electrons. The molecular weight excluding hydrogens is 132 g/mol. The van der Waals surface area contributed by atoms with Crippen molar-refractivity contribution in [3.63, 3.8) is 0 Å². The van der Waals surface area contributed by atoms with Crippen LogP contribution in [0.15, 0.2) is 4.99 Å². The molecule has 0 aromatic heterocycles. The second-order valence-corrected chi connectivity index (χ2v) is 3.17. The second-order valence-electron chi connectivity index (χ2n) is 1.89. The van der Waals surface area contributed by atoms with Crippen molar-refractivity contribution < 1.29 is 0 Å². The fraction of sp³-hybridized carbons (Fsp3) is 0.833. The fourth-order valence-corrected chi connectivity index (χ4v) is 1.33. The van der Waals surface area contributed by atoms with Gasteiger partial charge in [-0.3, -0.25) is 4.99 Å². The topological polar surface area (TPSA) is 24.4 Å². The highest BCUT2D eigenvalue weighted by Crippen LogP contribution is 1.99. The minimum absolute atomic E-state index is 0.972. The van der Waals surface area contributed by atoms with Crippen molar-refractivity contribution in [2.75, 3.05) is 24.6 Å². The van der Waals surface area contributed by atoms with Gasteiger partial charge in [0.25, 0.3) is 0 Å². The molecule has 1 aliphatic heterocycles. The number of rotatable bonds is 3. The summed E-state index contributed by atoms with van der Waals surface area (Å²) < 4.78 is 0. The van der Waals surface area contributed by atoms with E-state index in [2.05, 4.69) is 17.2 Å². The minimum atomic E-state index is 0.972. The van der Waals surface area contributed by atoms with Gasteiger partial charge in [0.1, 0.15) is 5.84 Å². The largest absolute Gasteiger partial charge is 0.371 e. The first-order chi connectivity index (χ1) is 4.43. The molecule has 0 spiro atoms. The predicted molar refractivity (Wildman–Crippen MR) is 43.3 cm³/mol. The Bertz CT molecular complexity index is 112. The van der Waals surface area contributed by atoms with Crippen molar-refractivity contribution >= 4 is 17.6 Å². The van der Waals surface area contributed by atoms with Crippen LogP contribution in [0, 0.1) is 0 Å². The first kappa shape index (κ1) is 6.93. The van der Waals surface area contributed by atoms with Crippen molar-refractivity contribution in [2.45, 2.75) is 6.92 Å². The van der Waals surface area contributed by atoms with Gasteiger partial charge in [-0.2, -0.15) is 11.8 Å². The van der Waals surface area contributed by atoms with Gasteiger partial charge in [-0.1, -0.05) is 6.92 Å². The van der Waals surface area contributed by atoms with E-state index in [1.165, 1.54) is 11.6 Å². The molecule has 0 atom stereocenters. The number of hydrogen-bond donors (Lipinski definition) is 1. The van der Waals surface area contributed by atoms with Crippen molar-refractivity contribution in [1.82, 2.24) is 5.32 Å². The van der Waals surface area contributed by atoms with Gasteiger partial charge in [0.2, 0.25) is 0 Å². The molecule has 1 aliphatic rings. The van der Waals surface area contributed by atoms with Crippen molar-refractivity contribution in [3.05, 3.63) is 0 Å². The number of nitrogens with zero attached hydrogens (tertiary/aromatic N) is 1. The molecule has 9 heavy (non-hydrogen) atoms. The van der Waals surface area contributed by atoms with E-state index in [1.807, 2.05) is 11.8 Å². The molecule has 0 saturated carbocycles. The van der Waals surface area contributed by atoms with E-state index in [1.54, 1.807) is 0 Å². The zero-order chi connectivity index (χ0) is 6.53. The summed E-state index contributed by atoms with van der Waals surface area (Å²) in [5, 5.41) is 3.22. The molecule has 0 bridgehead atoms. The Morgan fingerprint density at radius 3 is 3.22 bits per heavy atom. The Balaban J connectivity index is 2.11. The fourth-order valence-electron chi connectivity index (χ4n) is 0.742. The molecule has 3 heteroatoms. The summed E-state index contributed by atoms with van der Waals surface area (Å²) in [5.74, 6) is 3.43. The number of aliphatic imine (C=N–C) groups is 1. The molecule has 0 amide bonds. The van der Waals surface area contributed by atoms with E-state index in [-0.39, 0.29) is 0 Å². The molecule has 0 aromatic carbocycles. The molecule has 2 nitrogen and oxygen atoms in total. The van der Waals surface area contributed by atoms with Gasteiger partial charge in [0.05, 0.1) is 12.3 Å². The van der Waals surface area contributed by atoms with Crippen LogP contribution in [0.2, 0.25) is 0 Å². The maximum Gasteiger partial charge on any atom is 0.106 e. The highest BCUT2D eigenvalue weighted by Gasteiger charge is 2.02. The molecule has 0 radical (unpaired) electrons. The predicted octanol–water partition coefficient (Wildman–Crippen LogP) is 0.741. The number of nitrogens with one attached hydrogen (secondary N) is 1. The van der Waals surface area contributed by atoms with Crippen molar-refractivity contribution in [3.8, 4) is 0 Å². The van der Waals surface area contributed by atoms with E-state index >= 15 is 0 Å². The van der Waals surface area contributed by atoms with Crippen LogP contribution in [-0.2, 0) is 0 Å². The lowest BCUT2D eigenvalue weighted by molar-refractivity contribution is 0.959. The van der Waals surface area contributed by atoms with Crippen LogP contribution < -0.4 is 5.32 Å². The van der Waals surface area contributed by atoms with E-state index in [4.69, 9.17) is 0 Å². The third-order valence-corrected chi connectivity index (χ3v) is 2.07. The Morgan fingerprint density at radius 2 is 2.67 bits per heavy atom. The van der Waals surface area contributed by atoms with Gasteiger partial charge in [-0.25, -0.2) is 0 Å². The van der Waals surface area contributed by atoms with Gasteiger partial charge in [-0.05, 0) is 5.75 Å². The third kappa shape index (κ3) is 2.26. The summed E-state index contributed by atoms with van der Waals surface area (Å²) in [7, 11) is 0. The SMILES string of the molecule is CCSCC1=NCCN1. The van der Waals surface area contributed by atoms with Crippen LogP contribution in [0.3, 0.4) is 0 Å². The Labute approximate surface area is 60.1 Å². The first-order valence-corrected chi connectivity index (χ1v) is 4.44. The van der Waals surface area contributed by atoms with E-state index in [9.17, 15) is 0 Å². The maximum atomic E-state index is 4.26. The monoisotopic (exact) mass is 144 g/mol. The lowest BCUT2D eigenvalue weighted by Crippen LogP contribution is -2.20. The quantitative estimate of drug-likeness (QED) is 0.632. The van der Waals surface area contributed by atoms with Gasteiger partial charge in [0, 0.05) is 6.54 Å². The van der Waals surface area contributed by atoms with Gasteiger partial charge in [0.15, 0.2) is 0 Å². The Hall–Kier alpha value is -0.180. The highest BCUT2D eigenvalue weighted by atomic mass is 32.2. The molecule has 0 saturated heterocycles. The number of hydrogen-bond acceptors (Lipinski definition) is 3. The van der Waals surface area contributed by atoms with Crippen LogP contribution in [0.4, 0.5) is 0 Å². The summed E-state index contributed by atoms with van der Waals surface area (Å²) in [6, 6.07) is 0. The van der Waals surface area contributed by atoms with Gasteiger partial charge < -0.3 is 5.32 Å². The molecular formula is C6H12N2S. The molecule has 1 rings (SSSR count). The smallest absolute Gasteiger partial charge is 0.106 e. The molecule has 0 aromatic rings. The summed E-state index contributed by atoms with van der Waals surface area (Å²) in [6.45, 7) is 4.18. The minimum Gasteiger partial charge on any atom is -0.371 e. The van der Waals surface area contributed by atoms with Crippen LogP contribution in [0.1, 0.15) is 6.92 Å². The van der Waals surface area contributed by atoms with Crippen molar-refractivity contribution in [2.24, 2.45) is 4.99 Å². The Kier molecular flexibility index (Phi) is 2.91. The maximum absolute atomic E-state index is 4.26. The number of amidine groups is 1. The van der Waals surface area contributed by atoms with Crippen LogP contribution in [0.25, 0.3) is 0 Å². The third-order valence-electron chi connectivity index (χ3n) is 1.19. The lowest BCUT2D eigenvalue weighted by Gasteiger charge is -1.97. The van der Waals surface area contributed by atoms with Crippen LogP contribution in [0.5, 0.6) is 0 Å². The van der Waals surface area contributed by atoms with Crippen LogP contribution >= 0.6 is 11.8 Å². The molecule has 0 fully saturated rings. The average molecular weight is 144 g/mol. The first-order valence-electron chi connectivity index (χ1n) is 3.28. The van der Waals surface area contributed by atoms with E-state index in [0.29, 0.717) is 0 Å². The van der Waals surface area contributed by atoms with Crippen molar-refractivity contribution in [1.29, 1.82) is 0 Å². The summed E-state index contributed by atoms with van der Waals surface area (Å²) in [5.41, 5.74) is 0. The highest BCUT2D eigenvalue weighted by molar-refractivity contribution is 7.99. The summed E-state index contributed by atoms with van der Waals surface area (Å²) >= 11 is 1.91. The van der Waals surface area contributed by atoms with Gasteiger partial charge >= 0.3 is 0 Å². The standard InChI is InChI=1S/C6H12N2S/c1-2-9-5-6-7-3-4-8-6/h2-5H2,1H3,(H,7,8). The van der Waals surface area contributed by atoms with Crippen LogP contribution in [-0.4, -0.2) is 30.4 Å². The Morgan fingerprint density at radius 1 is 1.78 bits per heavy atom. The molecule has 0 aliphatic carbocycles. The van der Waals surface area contributed by atoms with E-state index in [0.717, 1.165) is 18.8 Å². The summed E-state index contributed by atoms with van der Waals surface area (Å²) in [6.07, 6.45) is 0. The van der Waals surface area contributed by atoms with E-state index < -0.39 is 0 Å². The number of thioether (sulfide) groups is 1.